The van der Waals surface area contributed by atoms with Crippen LogP contribution < -0.4 is 29.7 Å². The molecule has 0 aliphatic heterocycles. The van der Waals surface area contributed by atoms with Gasteiger partial charge in [0.25, 0.3) is 0 Å². The van der Waals surface area contributed by atoms with Crippen LogP contribution >= 0.6 is 11.6 Å². The SMILES string of the molecule is Cn1ncc2c3cc(C(=O)[O-])c(Cl)cc3nc(N)c21.[Li+]. The van der Waals surface area contributed by atoms with Gasteiger partial charge in [0.2, 0.25) is 0 Å². The number of carbonyl (C=O) groups is 1. The normalized spacial score (nSPS) is 10.7. The third-order valence-corrected chi connectivity index (χ3v) is 3.33. The molecule has 0 saturated carbocycles. The van der Waals surface area contributed by atoms with Crippen molar-refractivity contribution in [2.24, 2.45) is 7.05 Å². The summed E-state index contributed by atoms with van der Waals surface area (Å²) < 4.78 is 1.59. The van der Waals surface area contributed by atoms with E-state index in [9.17, 15) is 9.90 Å². The topological polar surface area (TPSA) is 96.9 Å². The molecule has 3 aromatic rings. The molecule has 0 amide bonds. The van der Waals surface area contributed by atoms with Crippen molar-refractivity contribution in [3.8, 4) is 0 Å². The van der Waals surface area contributed by atoms with E-state index in [0.29, 0.717) is 22.2 Å². The van der Waals surface area contributed by atoms with E-state index < -0.39 is 5.97 Å². The number of aromatic nitrogens is 3. The van der Waals surface area contributed by atoms with Gasteiger partial charge >= 0.3 is 18.9 Å². The summed E-state index contributed by atoms with van der Waals surface area (Å²) >= 11 is 5.88. The molecule has 0 radical (unpaired) electrons. The zero-order valence-corrected chi connectivity index (χ0v) is 11.6. The largest absolute Gasteiger partial charge is 1.00 e. The Morgan fingerprint density at radius 1 is 1.40 bits per heavy atom. The first-order valence-electron chi connectivity index (χ1n) is 5.41. The molecule has 1 aromatic carbocycles. The number of carboxylic acid groups (broad SMARTS) is 1. The molecular formula is C12H8ClLiN4O2. The van der Waals surface area contributed by atoms with Gasteiger partial charge < -0.3 is 15.6 Å². The van der Waals surface area contributed by atoms with Gasteiger partial charge in [-0.2, -0.15) is 5.10 Å². The average molecular weight is 283 g/mol. The van der Waals surface area contributed by atoms with Gasteiger partial charge in [0.15, 0.2) is 0 Å². The maximum Gasteiger partial charge on any atom is 1.00 e. The Morgan fingerprint density at radius 3 is 2.75 bits per heavy atom. The van der Waals surface area contributed by atoms with Crippen LogP contribution in [-0.4, -0.2) is 20.7 Å². The molecule has 0 unspecified atom stereocenters. The Labute approximate surface area is 130 Å². The Hall–Kier alpha value is -1.74. The summed E-state index contributed by atoms with van der Waals surface area (Å²) in [7, 11) is 1.74. The number of nitrogens with two attached hydrogens (primary N) is 1. The smallest absolute Gasteiger partial charge is 0.545 e. The first-order valence-corrected chi connectivity index (χ1v) is 5.78. The van der Waals surface area contributed by atoms with E-state index in [1.165, 1.54) is 12.1 Å². The summed E-state index contributed by atoms with van der Waals surface area (Å²) in [6.07, 6.45) is 1.61. The molecule has 2 N–H and O–H groups in total. The van der Waals surface area contributed by atoms with Crippen LogP contribution in [0.4, 0.5) is 5.82 Å². The Morgan fingerprint density at radius 2 is 2.10 bits per heavy atom. The monoisotopic (exact) mass is 282 g/mol. The number of pyridine rings is 1. The summed E-state index contributed by atoms with van der Waals surface area (Å²) in [4.78, 5) is 15.2. The summed E-state index contributed by atoms with van der Waals surface area (Å²) in [6.45, 7) is 0. The van der Waals surface area contributed by atoms with Crippen LogP contribution in [0.5, 0.6) is 0 Å². The first kappa shape index (κ1) is 14.7. The van der Waals surface area contributed by atoms with Gasteiger partial charge in [-0.3, -0.25) is 4.68 Å². The third-order valence-electron chi connectivity index (χ3n) is 3.02. The molecule has 96 valence electrons. The van der Waals surface area contributed by atoms with Gasteiger partial charge in [0.05, 0.1) is 22.7 Å². The maximum absolute atomic E-state index is 11.0. The van der Waals surface area contributed by atoms with Crippen LogP contribution in [0.3, 0.4) is 0 Å². The molecule has 20 heavy (non-hydrogen) atoms. The fraction of sp³-hybridized carbons (Fsp3) is 0.0833. The molecule has 0 spiro atoms. The number of aryl methyl sites for hydroxylation is 1. The van der Waals surface area contributed by atoms with Crippen LogP contribution in [0.25, 0.3) is 21.8 Å². The minimum atomic E-state index is -1.33. The summed E-state index contributed by atoms with van der Waals surface area (Å²) in [5.74, 6) is -1.01. The van der Waals surface area contributed by atoms with Crippen molar-refractivity contribution in [1.82, 2.24) is 14.8 Å². The zero-order valence-electron chi connectivity index (χ0n) is 10.8. The van der Waals surface area contributed by atoms with Crippen molar-refractivity contribution in [1.29, 1.82) is 0 Å². The number of anilines is 1. The number of carbonyl (C=O) groups excluding carboxylic acids is 1. The molecule has 0 atom stereocenters. The third kappa shape index (κ3) is 2.02. The second-order valence-corrected chi connectivity index (χ2v) is 4.57. The molecule has 0 bridgehead atoms. The van der Waals surface area contributed by atoms with E-state index in [1.807, 2.05) is 0 Å². The first-order chi connectivity index (χ1) is 8.99. The van der Waals surface area contributed by atoms with Crippen LogP contribution in [0, 0.1) is 0 Å². The van der Waals surface area contributed by atoms with Gasteiger partial charge in [-0.05, 0) is 12.1 Å². The Bertz CT molecular complexity index is 846. The second-order valence-electron chi connectivity index (χ2n) is 4.16. The summed E-state index contributed by atoms with van der Waals surface area (Å²) in [5, 5.41) is 16.5. The quantitative estimate of drug-likeness (QED) is 0.508. The number of nitrogen functional groups attached to an aromatic ring is 1. The predicted molar refractivity (Wildman–Crippen MR) is 69.8 cm³/mol. The molecule has 2 aromatic heterocycles. The van der Waals surface area contributed by atoms with Gasteiger partial charge in [-0.25, -0.2) is 4.98 Å². The number of nitrogens with zero attached hydrogens (tertiary/aromatic N) is 3. The summed E-state index contributed by atoms with van der Waals surface area (Å²) in [5.41, 5.74) is 6.97. The van der Waals surface area contributed by atoms with Gasteiger partial charge in [0, 0.05) is 23.4 Å². The number of carboxylic acids is 1. The van der Waals surface area contributed by atoms with E-state index in [4.69, 9.17) is 17.3 Å². The van der Waals surface area contributed by atoms with Crippen molar-refractivity contribution in [2.75, 3.05) is 5.73 Å². The maximum atomic E-state index is 11.0. The molecule has 0 aliphatic rings. The van der Waals surface area contributed by atoms with Crippen LogP contribution in [-0.2, 0) is 7.05 Å². The molecule has 0 saturated heterocycles. The number of hydrogen-bond acceptors (Lipinski definition) is 5. The molecule has 0 fully saturated rings. The number of rotatable bonds is 1. The van der Waals surface area contributed by atoms with E-state index >= 15 is 0 Å². The number of hydrogen-bond donors (Lipinski definition) is 1. The van der Waals surface area contributed by atoms with E-state index in [-0.39, 0.29) is 29.4 Å². The van der Waals surface area contributed by atoms with Crippen molar-refractivity contribution in [3.63, 3.8) is 0 Å². The van der Waals surface area contributed by atoms with Crippen LogP contribution in [0.1, 0.15) is 10.4 Å². The number of benzene rings is 1. The summed E-state index contributed by atoms with van der Waals surface area (Å²) in [6, 6.07) is 2.90. The molecule has 6 nitrogen and oxygen atoms in total. The fourth-order valence-electron chi connectivity index (χ4n) is 2.15. The van der Waals surface area contributed by atoms with Gasteiger partial charge in [-0.1, -0.05) is 11.6 Å². The van der Waals surface area contributed by atoms with E-state index in [2.05, 4.69) is 10.1 Å². The van der Waals surface area contributed by atoms with E-state index in [0.717, 1.165) is 5.39 Å². The predicted octanol–water partition coefficient (Wildman–Crippen LogP) is -2.28. The molecule has 8 heteroatoms. The van der Waals surface area contributed by atoms with Crippen molar-refractivity contribution in [3.05, 3.63) is 28.9 Å². The number of halogens is 1. The van der Waals surface area contributed by atoms with Crippen LogP contribution in [0.15, 0.2) is 18.3 Å². The van der Waals surface area contributed by atoms with Crippen molar-refractivity contribution >= 4 is 45.2 Å². The van der Waals surface area contributed by atoms with E-state index in [1.54, 1.807) is 17.9 Å². The minimum Gasteiger partial charge on any atom is -0.545 e. The number of aromatic carboxylic acids is 1. The molecular weight excluding hydrogens is 275 g/mol. The number of fused-ring (bicyclic) bond motifs is 3. The Kier molecular flexibility index (Phi) is 3.65. The fourth-order valence-corrected chi connectivity index (χ4v) is 2.38. The van der Waals surface area contributed by atoms with Crippen molar-refractivity contribution in [2.45, 2.75) is 0 Å². The zero-order chi connectivity index (χ0) is 13.7. The van der Waals surface area contributed by atoms with Gasteiger partial charge in [0.1, 0.15) is 11.3 Å². The minimum absolute atomic E-state index is 0. The van der Waals surface area contributed by atoms with Crippen molar-refractivity contribution < 1.29 is 28.8 Å². The molecule has 0 aliphatic carbocycles. The second kappa shape index (κ2) is 4.98. The van der Waals surface area contributed by atoms with Crippen LogP contribution in [0.2, 0.25) is 5.02 Å². The molecule has 2 heterocycles. The molecule has 3 rings (SSSR count). The average Bonchev–Trinajstić information content (AvgIpc) is 2.71. The standard InChI is InChI=1S/C12H9ClN4O2.Li/c1-17-10-7(4-15-17)5-2-6(12(18)19)8(13)3-9(5)16-11(10)14;/h2-4H,1H3,(H2,14,16)(H,18,19);/q;+1/p-1. The Balaban J connectivity index is 0.00000147. The van der Waals surface area contributed by atoms with Gasteiger partial charge in [-0.15, -0.1) is 0 Å².